The number of benzene rings is 1. The number of nitrogens with zero attached hydrogens (tertiary/aromatic N) is 2. The fourth-order valence-electron chi connectivity index (χ4n) is 3.71. The van der Waals surface area contributed by atoms with Crippen LogP contribution in [0.15, 0.2) is 24.3 Å². The standard InChI is InChI=1S/C20H21F3N2O2/c1-19(2,3)27-18(26)25-15-6-7-16(25)9-13(8-15)17-10-14(20(21,22)23)5-4-12(17)11-24/h4-5,8,10,15-16H,6-7,9H2,1-3H3. The molecule has 1 fully saturated rings. The van der Waals surface area contributed by atoms with E-state index in [2.05, 4.69) is 0 Å². The highest BCUT2D eigenvalue weighted by Crippen LogP contribution is 2.41. The van der Waals surface area contributed by atoms with Crippen LogP contribution in [0, 0.1) is 11.3 Å². The van der Waals surface area contributed by atoms with Crippen molar-refractivity contribution in [2.75, 3.05) is 0 Å². The van der Waals surface area contributed by atoms with Gasteiger partial charge in [-0.15, -0.1) is 0 Å². The molecule has 4 nitrogen and oxygen atoms in total. The highest BCUT2D eigenvalue weighted by molar-refractivity contribution is 5.77. The summed E-state index contributed by atoms with van der Waals surface area (Å²) in [6.07, 6.45) is -1.18. The number of amides is 1. The first-order chi connectivity index (χ1) is 12.5. The predicted molar refractivity (Wildman–Crippen MR) is 93.6 cm³/mol. The molecule has 0 N–H and O–H groups in total. The number of hydrogen-bond acceptors (Lipinski definition) is 3. The molecule has 0 saturated carbocycles. The van der Waals surface area contributed by atoms with Crippen LogP contribution in [0.25, 0.3) is 5.57 Å². The average Bonchev–Trinajstić information content (AvgIpc) is 2.82. The highest BCUT2D eigenvalue weighted by atomic mass is 19.4. The molecule has 2 atom stereocenters. The first kappa shape index (κ1) is 19.3. The van der Waals surface area contributed by atoms with Gasteiger partial charge in [-0.3, -0.25) is 4.90 Å². The van der Waals surface area contributed by atoms with E-state index in [1.807, 2.05) is 12.1 Å². The minimum atomic E-state index is -4.47. The molecule has 144 valence electrons. The zero-order chi connectivity index (χ0) is 20.0. The van der Waals surface area contributed by atoms with Gasteiger partial charge in [0.25, 0.3) is 0 Å². The van der Waals surface area contributed by atoms with Crippen LogP contribution < -0.4 is 0 Å². The van der Waals surface area contributed by atoms with Crippen LogP contribution in [-0.4, -0.2) is 28.7 Å². The summed E-state index contributed by atoms with van der Waals surface area (Å²) < 4.78 is 44.7. The van der Waals surface area contributed by atoms with Crippen molar-refractivity contribution in [1.82, 2.24) is 4.90 Å². The van der Waals surface area contributed by atoms with Crippen molar-refractivity contribution in [2.24, 2.45) is 0 Å². The van der Waals surface area contributed by atoms with Crippen LogP contribution in [0.2, 0.25) is 0 Å². The van der Waals surface area contributed by atoms with E-state index in [1.54, 1.807) is 25.7 Å². The Bertz CT molecular complexity index is 831. The van der Waals surface area contributed by atoms with Gasteiger partial charge in [0, 0.05) is 6.04 Å². The van der Waals surface area contributed by atoms with E-state index in [4.69, 9.17) is 4.74 Å². The molecule has 1 aromatic carbocycles. The van der Waals surface area contributed by atoms with Crippen molar-refractivity contribution < 1.29 is 22.7 Å². The molecule has 0 spiro atoms. The Morgan fingerprint density at radius 2 is 1.96 bits per heavy atom. The van der Waals surface area contributed by atoms with Crippen LogP contribution in [-0.2, 0) is 10.9 Å². The van der Waals surface area contributed by atoms with Gasteiger partial charge in [0.05, 0.1) is 23.2 Å². The number of halogens is 3. The molecule has 1 saturated heterocycles. The lowest BCUT2D eigenvalue weighted by molar-refractivity contribution is -0.137. The Kier molecular flexibility index (Phi) is 4.71. The molecule has 7 heteroatoms. The van der Waals surface area contributed by atoms with E-state index in [0.29, 0.717) is 17.6 Å². The van der Waals surface area contributed by atoms with Gasteiger partial charge >= 0.3 is 12.3 Å². The third kappa shape index (κ3) is 3.95. The van der Waals surface area contributed by atoms with Crippen molar-refractivity contribution in [2.45, 2.75) is 63.9 Å². The number of fused-ring (bicyclic) bond motifs is 2. The molecular formula is C20H21F3N2O2. The number of alkyl halides is 3. The van der Waals surface area contributed by atoms with E-state index < -0.39 is 23.4 Å². The van der Waals surface area contributed by atoms with Crippen LogP contribution >= 0.6 is 0 Å². The number of ether oxygens (including phenoxy) is 1. The minimum Gasteiger partial charge on any atom is -0.444 e. The third-order valence-corrected chi connectivity index (χ3v) is 4.81. The van der Waals surface area contributed by atoms with E-state index in [-0.39, 0.29) is 17.6 Å². The summed E-state index contributed by atoms with van der Waals surface area (Å²) in [7, 11) is 0. The van der Waals surface area contributed by atoms with Gasteiger partial charge in [-0.25, -0.2) is 4.79 Å². The Hall–Kier alpha value is -2.49. The first-order valence-corrected chi connectivity index (χ1v) is 8.83. The van der Waals surface area contributed by atoms with Crippen molar-refractivity contribution in [1.29, 1.82) is 5.26 Å². The van der Waals surface area contributed by atoms with Crippen molar-refractivity contribution >= 4 is 11.7 Å². The molecule has 1 amide bonds. The largest absolute Gasteiger partial charge is 0.444 e. The quantitative estimate of drug-likeness (QED) is 0.681. The summed E-state index contributed by atoms with van der Waals surface area (Å²) in [4.78, 5) is 14.2. The fraction of sp³-hybridized carbons (Fsp3) is 0.500. The number of hydrogen-bond donors (Lipinski definition) is 0. The van der Waals surface area contributed by atoms with Crippen LogP contribution in [0.5, 0.6) is 0 Å². The van der Waals surface area contributed by atoms with Gasteiger partial charge in [0.1, 0.15) is 5.60 Å². The zero-order valence-electron chi connectivity index (χ0n) is 15.4. The van der Waals surface area contributed by atoms with E-state index in [9.17, 15) is 23.2 Å². The van der Waals surface area contributed by atoms with Gasteiger partial charge in [0.2, 0.25) is 0 Å². The van der Waals surface area contributed by atoms with Gasteiger partial charge < -0.3 is 4.74 Å². The third-order valence-electron chi connectivity index (χ3n) is 4.81. The highest BCUT2D eigenvalue weighted by Gasteiger charge is 2.42. The number of carbonyl (C=O) groups is 1. The maximum absolute atomic E-state index is 13.1. The Balaban J connectivity index is 1.94. The zero-order valence-corrected chi connectivity index (χ0v) is 15.4. The number of carbonyl (C=O) groups excluding carboxylic acids is 1. The first-order valence-electron chi connectivity index (χ1n) is 8.83. The Morgan fingerprint density at radius 1 is 1.26 bits per heavy atom. The molecule has 0 aromatic heterocycles. The van der Waals surface area contributed by atoms with E-state index in [1.165, 1.54) is 6.07 Å². The lowest BCUT2D eigenvalue weighted by atomic mass is 9.90. The molecule has 2 bridgehead atoms. The van der Waals surface area contributed by atoms with Crippen LogP contribution in [0.1, 0.15) is 56.7 Å². The average molecular weight is 378 g/mol. The number of nitriles is 1. The SMILES string of the molecule is CC(C)(C)OC(=O)N1C2C=C(c3cc(C(F)(F)F)ccc3C#N)CC1CC2. The monoisotopic (exact) mass is 378 g/mol. The summed E-state index contributed by atoms with van der Waals surface area (Å²) in [5.74, 6) is 0. The normalized spacial score (nSPS) is 22.3. The Labute approximate surface area is 156 Å². The number of rotatable bonds is 1. The molecule has 2 aliphatic heterocycles. The molecule has 0 radical (unpaired) electrons. The molecule has 27 heavy (non-hydrogen) atoms. The second-order valence-electron chi connectivity index (χ2n) is 7.95. The summed E-state index contributed by atoms with van der Waals surface area (Å²) in [6.45, 7) is 5.37. The molecule has 0 aliphatic carbocycles. The van der Waals surface area contributed by atoms with Gasteiger partial charge in [-0.2, -0.15) is 18.4 Å². The van der Waals surface area contributed by atoms with E-state index >= 15 is 0 Å². The maximum Gasteiger partial charge on any atom is 0.416 e. The van der Waals surface area contributed by atoms with Crippen molar-refractivity contribution in [3.05, 3.63) is 41.0 Å². The predicted octanol–water partition coefficient (Wildman–Crippen LogP) is 5.13. The summed E-state index contributed by atoms with van der Waals surface area (Å²) in [6, 6.07) is 4.78. The molecule has 2 unspecified atom stereocenters. The summed E-state index contributed by atoms with van der Waals surface area (Å²) in [5, 5.41) is 9.32. The fourth-order valence-corrected chi connectivity index (χ4v) is 3.71. The molecule has 2 heterocycles. The van der Waals surface area contributed by atoms with Gasteiger partial charge in [-0.1, -0.05) is 6.08 Å². The molecular weight excluding hydrogens is 357 g/mol. The van der Waals surface area contributed by atoms with Crippen LogP contribution in [0.4, 0.5) is 18.0 Å². The summed E-state index contributed by atoms with van der Waals surface area (Å²) >= 11 is 0. The maximum atomic E-state index is 13.1. The smallest absolute Gasteiger partial charge is 0.416 e. The van der Waals surface area contributed by atoms with Crippen molar-refractivity contribution in [3.63, 3.8) is 0 Å². The minimum absolute atomic E-state index is 0.133. The van der Waals surface area contributed by atoms with Gasteiger partial charge in [0.15, 0.2) is 0 Å². The second-order valence-corrected chi connectivity index (χ2v) is 7.95. The lowest BCUT2D eigenvalue weighted by Crippen LogP contribution is -2.45. The lowest BCUT2D eigenvalue weighted by Gasteiger charge is -2.35. The van der Waals surface area contributed by atoms with Crippen molar-refractivity contribution in [3.8, 4) is 6.07 Å². The molecule has 2 aliphatic rings. The van der Waals surface area contributed by atoms with E-state index in [0.717, 1.165) is 25.0 Å². The van der Waals surface area contributed by atoms with Crippen LogP contribution in [0.3, 0.4) is 0 Å². The summed E-state index contributed by atoms with van der Waals surface area (Å²) in [5.41, 5.74) is -0.202. The Morgan fingerprint density at radius 3 is 2.52 bits per heavy atom. The van der Waals surface area contributed by atoms with Gasteiger partial charge in [-0.05, 0) is 69.4 Å². The molecule has 1 aromatic rings. The molecule has 3 rings (SSSR count). The second kappa shape index (κ2) is 6.59. The topological polar surface area (TPSA) is 53.3 Å².